The standard InChI is InChI=1S/C15H25NO3/c1-15(2,3)16-11-12-7-6-8-13(18-5)14(12)19-10-9-17-4/h6-8,16H,9-11H2,1-5H3. The van der Waals surface area contributed by atoms with Crippen LogP contribution in [0, 0.1) is 0 Å². The smallest absolute Gasteiger partial charge is 0.165 e. The van der Waals surface area contributed by atoms with Crippen molar-refractivity contribution in [2.24, 2.45) is 0 Å². The van der Waals surface area contributed by atoms with Crippen molar-refractivity contribution in [1.29, 1.82) is 0 Å². The van der Waals surface area contributed by atoms with Crippen LogP contribution in [-0.4, -0.2) is 33.0 Å². The highest BCUT2D eigenvalue weighted by molar-refractivity contribution is 5.46. The minimum absolute atomic E-state index is 0.0624. The summed E-state index contributed by atoms with van der Waals surface area (Å²) in [6, 6.07) is 5.92. The molecule has 0 saturated heterocycles. The van der Waals surface area contributed by atoms with E-state index in [9.17, 15) is 0 Å². The van der Waals surface area contributed by atoms with Crippen LogP contribution in [0.3, 0.4) is 0 Å². The van der Waals surface area contributed by atoms with Gasteiger partial charge in [-0.25, -0.2) is 0 Å². The summed E-state index contributed by atoms with van der Waals surface area (Å²) in [5.74, 6) is 1.54. The first kappa shape index (κ1) is 15.8. The molecule has 0 atom stereocenters. The van der Waals surface area contributed by atoms with Gasteiger partial charge < -0.3 is 19.5 Å². The number of rotatable bonds is 7. The summed E-state index contributed by atoms with van der Waals surface area (Å²) in [7, 11) is 3.31. The highest BCUT2D eigenvalue weighted by Crippen LogP contribution is 2.31. The second-order valence-electron chi connectivity index (χ2n) is 5.39. The van der Waals surface area contributed by atoms with E-state index in [-0.39, 0.29) is 5.54 Å². The van der Waals surface area contributed by atoms with Crippen LogP contribution in [0.2, 0.25) is 0 Å². The number of ether oxygens (including phenoxy) is 3. The molecular weight excluding hydrogens is 242 g/mol. The maximum atomic E-state index is 5.77. The normalized spacial score (nSPS) is 11.4. The van der Waals surface area contributed by atoms with Gasteiger partial charge in [0.1, 0.15) is 6.61 Å². The summed E-state index contributed by atoms with van der Waals surface area (Å²) in [6.45, 7) is 8.22. The first-order chi connectivity index (χ1) is 8.98. The molecule has 0 aliphatic carbocycles. The predicted octanol–water partition coefficient (Wildman–Crippen LogP) is 2.61. The predicted molar refractivity (Wildman–Crippen MR) is 77.0 cm³/mol. The van der Waals surface area contributed by atoms with E-state index < -0.39 is 0 Å². The minimum Gasteiger partial charge on any atom is -0.493 e. The van der Waals surface area contributed by atoms with Gasteiger partial charge in [0.05, 0.1) is 13.7 Å². The molecule has 4 heteroatoms. The highest BCUT2D eigenvalue weighted by Gasteiger charge is 2.14. The second kappa shape index (κ2) is 7.36. The number of methoxy groups -OCH3 is 2. The minimum atomic E-state index is 0.0624. The molecule has 1 N–H and O–H groups in total. The van der Waals surface area contributed by atoms with Crippen molar-refractivity contribution in [3.63, 3.8) is 0 Å². The molecule has 0 aromatic heterocycles. The van der Waals surface area contributed by atoms with Crippen LogP contribution in [0.4, 0.5) is 0 Å². The van der Waals surface area contributed by atoms with Gasteiger partial charge in [-0.1, -0.05) is 12.1 Å². The van der Waals surface area contributed by atoms with Gasteiger partial charge in [0.15, 0.2) is 11.5 Å². The average molecular weight is 267 g/mol. The summed E-state index contributed by atoms with van der Waals surface area (Å²) in [4.78, 5) is 0. The molecule has 0 aliphatic heterocycles. The quantitative estimate of drug-likeness (QED) is 0.771. The lowest BCUT2D eigenvalue weighted by Crippen LogP contribution is -2.35. The SMILES string of the molecule is COCCOc1c(CNC(C)(C)C)cccc1OC. The summed E-state index contributed by atoms with van der Waals surface area (Å²) in [5.41, 5.74) is 1.15. The maximum absolute atomic E-state index is 5.77. The van der Waals surface area contributed by atoms with Crippen LogP contribution < -0.4 is 14.8 Å². The van der Waals surface area contributed by atoms with E-state index >= 15 is 0 Å². The van der Waals surface area contributed by atoms with Gasteiger partial charge in [-0.05, 0) is 26.8 Å². The lowest BCUT2D eigenvalue weighted by molar-refractivity contribution is 0.143. The van der Waals surface area contributed by atoms with Crippen LogP contribution in [0.15, 0.2) is 18.2 Å². The molecule has 108 valence electrons. The molecular formula is C15H25NO3. The van der Waals surface area contributed by atoms with Crippen molar-refractivity contribution in [3.8, 4) is 11.5 Å². The van der Waals surface area contributed by atoms with Crippen molar-refractivity contribution in [2.75, 3.05) is 27.4 Å². The lowest BCUT2D eigenvalue weighted by Gasteiger charge is -2.22. The molecule has 0 bridgehead atoms. The van der Waals surface area contributed by atoms with E-state index in [0.717, 1.165) is 23.6 Å². The van der Waals surface area contributed by atoms with Crippen molar-refractivity contribution >= 4 is 0 Å². The highest BCUT2D eigenvalue weighted by atomic mass is 16.5. The molecule has 1 rings (SSSR count). The number of hydrogen-bond donors (Lipinski definition) is 1. The fourth-order valence-corrected chi connectivity index (χ4v) is 1.61. The molecule has 0 aliphatic rings. The van der Waals surface area contributed by atoms with Gasteiger partial charge >= 0.3 is 0 Å². The molecule has 0 unspecified atom stereocenters. The van der Waals surface area contributed by atoms with Crippen molar-refractivity contribution in [2.45, 2.75) is 32.9 Å². The Balaban J connectivity index is 2.82. The molecule has 0 radical (unpaired) electrons. The molecule has 19 heavy (non-hydrogen) atoms. The average Bonchev–Trinajstić information content (AvgIpc) is 2.36. The lowest BCUT2D eigenvalue weighted by atomic mass is 10.1. The Kier molecular flexibility index (Phi) is 6.12. The van der Waals surface area contributed by atoms with Gasteiger partial charge in [-0.15, -0.1) is 0 Å². The van der Waals surface area contributed by atoms with E-state index in [1.807, 2.05) is 18.2 Å². The summed E-state index contributed by atoms with van der Waals surface area (Å²) in [6.07, 6.45) is 0. The molecule has 0 amide bonds. The van der Waals surface area contributed by atoms with Crippen LogP contribution in [0.25, 0.3) is 0 Å². The fourth-order valence-electron chi connectivity index (χ4n) is 1.61. The Morgan fingerprint density at radius 3 is 2.42 bits per heavy atom. The van der Waals surface area contributed by atoms with Crippen molar-refractivity contribution in [1.82, 2.24) is 5.32 Å². The third-order valence-corrected chi connectivity index (χ3v) is 2.62. The zero-order valence-electron chi connectivity index (χ0n) is 12.6. The van der Waals surface area contributed by atoms with Gasteiger partial charge in [0.2, 0.25) is 0 Å². The van der Waals surface area contributed by atoms with Gasteiger partial charge in [0.25, 0.3) is 0 Å². The van der Waals surface area contributed by atoms with Crippen LogP contribution in [0.1, 0.15) is 26.3 Å². The number of hydrogen-bond acceptors (Lipinski definition) is 4. The Bertz CT molecular complexity index is 385. The Labute approximate surface area is 116 Å². The number of benzene rings is 1. The topological polar surface area (TPSA) is 39.7 Å². The molecule has 0 fully saturated rings. The van der Waals surface area contributed by atoms with E-state index in [0.29, 0.717) is 13.2 Å². The van der Waals surface area contributed by atoms with Crippen LogP contribution in [0.5, 0.6) is 11.5 Å². The van der Waals surface area contributed by atoms with Crippen molar-refractivity contribution in [3.05, 3.63) is 23.8 Å². The third kappa shape index (κ3) is 5.49. The fraction of sp³-hybridized carbons (Fsp3) is 0.600. The van der Waals surface area contributed by atoms with E-state index in [4.69, 9.17) is 14.2 Å². The third-order valence-electron chi connectivity index (χ3n) is 2.62. The van der Waals surface area contributed by atoms with Gasteiger partial charge in [-0.2, -0.15) is 0 Å². The van der Waals surface area contributed by atoms with Crippen LogP contribution >= 0.6 is 0 Å². The molecule has 0 saturated carbocycles. The summed E-state index contributed by atoms with van der Waals surface area (Å²) >= 11 is 0. The molecule has 1 aromatic rings. The number of para-hydroxylation sites is 1. The molecule has 0 spiro atoms. The Hall–Kier alpha value is -1.26. The maximum Gasteiger partial charge on any atom is 0.165 e. The zero-order valence-corrected chi connectivity index (χ0v) is 12.6. The van der Waals surface area contributed by atoms with Crippen LogP contribution in [-0.2, 0) is 11.3 Å². The molecule has 0 heterocycles. The van der Waals surface area contributed by atoms with Gasteiger partial charge in [0, 0.05) is 24.8 Å². The first-order valence-corrected chi connectivity index (χ1v) is 6.50. The second-order valence-corrected chi connectivity index (χ2v) is 5.39. The van der Waals surface area contributed by atoms with Crippen molar-refractivity contribution < 1.29 is 14.2 Å². The monoisotopic (exact) mass is 267 g/mol. The van der Waals surface area contributed by atoms with E-state index in [1.165, 1.54) is 0 Å². The summed E-state index contributed by atoms with van der Waals surface area (Å²) < 4.78 is 16.1. The van der Waals surface area contributed by atoms with E-state index in [1.54, 1.807) is 14.2 Å². The van der Waals surface area contributed by atoms with E-state index in [2.05, 4.69) is 26.1 Å². The Morgan fingerprint density at radius 1 is 1.11 bits per heavy atom. The first-order valence-electron chi connectivity index (χ1n) is 6.50. The Morgan fingerprint density at radius 2 is 1.84 bits per heavy atom. The zero-order chi connectivity index (χ0) is 14.3. The van der Waals surface area contributed by atoms with Gasteiger partial charge in [-0.3, -0.25) is 0 Å². The summed E-state index contributed by atoms with van der Waals surface area (Å²) in [5, 5.41) is 3.45. The largest absolute Gasteiger partial charge is 0.493 e. The molecule has 1 aromatic carbocycles. The number of nitrogens with one attached hydrogen (secondary N) is 1. The molecule has 4 nitrogen and oxygen atoms in total.